The highest BCUT2D eigenvalue weighted by molar-refractivity contribution is 7.80. The lowest BCUT2D eigenvalue weighted by atomic mass is 9.93. The molecule has 2 aromatic rings. The first-order valence-corrected chi connectivity index (χ1v) is 10.3. The molecule has 0 saturated heterocycles. The van der Waals surface area contributed by atoms with Gasteiger partial charge in [0.2, 0.25) is 0 Å². The van der Waals surface area contributed by atoms with E-state index in [9.17, 15) is 9.59 Å². The molecule has 8 nitrogen and oxygen atoms in total. The summed E-state index contributed by atoms with van der Waals surface area (Å²) in [6.07, 6.45) is 0. The van der Waals surface area contributed by atoms with E-state index in [2.05, 4.69) is 29.6 Å². The molecule has 1 aliphatic rings. The minimum atomic E-state index is -0.490. The summed E-state index contributed by atoms with van der Waals surface area (Å²) in [5.74, 6) is 0.545. The minimum Gasteiger partial charge on any atom is -0.465 e. The standard InChI is InChI=1S/C22H26N4O4S/c1-12(2)11-26-14(4)18(20(27)23-17-10-13(3)30-25-17)19(24-22(26)31)15-6-8-16(9-7-15)21(28)29-5/h6-10,12,19H,11H2,1-5H3,(H,24,31)(H,23,25,27). The molecule has 3 rings (SSSR count). The van der Waals surface area contributed by atoms with E-state index in [1.807, 2.05) is 11.8 Å². The summed E-state index contributed by atoms with van der Waals surface area (Å²) < 4.78 is 9.82. The number of ether oxygens (including phenoxy) is 1. The molecule has 1 unspecified atom stereocenters. The van der Waals surface area contributed by atoms with Gasteiger partial charge in [-0.05, 0) is 49.7 Å². The van der Waals surface area contributed by atoms with E-state index in [0.29, 0.717) is 40.3 Å². The van der Waals surface area contributed by atoms with Crippen LogP contribution in [0.5, 0.6) is 0 Å². The Morgan fingerprint density at radius 1 is 1.29 bits per heavy atom. The van der Waals surface area contributed by atoms with Crippen LogP contribution >= 0.6 is 12.2 Å². The molecular weight excluding hydrogens is 416 g/mol. The van der Waals surface area contributed by atoms with Crippen LogP contribution < -0.4 is 10.6 Å². The lowest BCUT2D eigenvalue weighted by Crippen LogP contribution is -2.49. The molecule has 1 atom stereocenters. The van der Waals surface area contributed by atoms with Gasteiger partial charge in [0.1, 0.15) is 5.76 Å². The molecular formula is C22H26N4O4S. The third-order valence-electron chi connectivity index (χ3n) is 4.92. The Labute approximate surface area is 186 Å². The molecule has 0 spiro atoms. The number of methoxy groups -OCH3 is 1. The van der Waals surface area contributed by atoms with Crippen LogP contribution in [0.1, 0.15) is 48.5 Å². The van der Waals surface area contributed by atoms with Crippen LogP contribution in [-0.4, -0.2) is 40.7 Å². The fourth-order valence-corrected chi connectivity index (χ4v) is 3.78. The summed E-state index contributed by atoms with van der Waals surface area (Å²) in [5, 5.41) is 10.5. The van der Waals surface area contributed by atoms with Gasteiger partial charge in [-0.3, -0.25) is 4.79 Å². The maximum absolute atomic E-state index is 13.3. The number of hydrogen-bond donors (Lipinski definition) is 2. The molecule has 0 radical (unpaired) electrons. The predicted molar refractivity (Wildman–Crippen MR) is 120 cm³/mol. The average Bonchev–Trinajstić information content (AvgIpc) is 3.14. The lowest BCUT2D eigenvalue weighted by Gasteiger charge is -2.38. The van der Waals surface area contributed by atoms with Gasteiger partial charge in [-0.1, -0.05) is 31.1 Å². The van der Waals surface area contributed by atoms with E-state index in [0.717, 1.165) is 11.3 Å². The van der Waals surface area contributed by atoms with Crippen LogP contribution in [0.3, 0.4) is 0 Å². The Hall–Kier alpha value is -3.20. The molecule has 0 bridgehead atoms. The van der Waals surface area contributed by atoms with Crippen molar-refractivity contribution < 1.29 is 18.8 Å². The van der Waals surface area contributed by atoms with E-state index >= 15 is 0 Å². The number of anilines is 1. The molecule has 31 heavy (non-hydrogen) atoms. The Morgan fingerprint density at radius 2 is 1.97 bits per heavy atom. The van der Waals surface area contributed by atoms with Gasteiger partial charge in [0.15, 0.2) is 10.9 Å². The fourth-order valence-electron chi connectivity index (χ4n) is 3.45. The van der Waals surface area contributed by atoms with E-state index in [1.54, 1.807) is 37.3 Å². The lowest BCUT2D eigenvalue weighted by molar-refractivity contribution is -0.113. The third kappa shape index (κ3) is 4.93. The fraction of sp³-hybridized carbons (Fsp3) is 0.364. The maximum atomic E-state index is 13.3. The van der Waals surface area contributed by atoms with Gasteiger partial charge in [-0.25, -0.2) is 4.79 Å². The highest BCUT2D eigenvalue weighted by atomic mass is 32.1. The van der Waals surface area contributed by atoms with Gasteiger partial charge in [-0.2, -0.15) is 0 Å². The number of nitrogens with one attached hydrogen (secondary N) is 2. The van der Waals surface area contributed by atoms with Gasteiger partial charge in [-0.15, -0.1) is 0 Å². The number of aromatic nitrogens is 1. The maximum Gasteiger partial charge on any atom is 0.337 e. The second kappa shape index (κ2) is 9.30. The number of hydrogen-bond acceptors (Lipinski definition) is 6. The number of rotatable bonds is 6. The molecule has 0 fully saturated rings. The van der Waals surface area contributed by atoms with E-state index in [1.165, 1.54) is 7.11 Å². The van der Waals surface area contributed by atoms with E-state index in [4.69, 9.17) is 21.5 Å². The third-order valence-corrected chi connectivity index (χ3v) is 5.26. The molecule has 0 aliphatic carbocycles. The summed E-state index contributed by atoms with van der Waals surface area (Å²) in [5.41, 5.74) is 2.49. The number of aryl methyl sites for hydroxylation is 1. The number of carbonyl (C=O) groups is 2. The molecule has 1 aliphatic heterocycles. The molecule has 2 heterocycles. The van der Waals surface area contributed by atoms with Gasteiger partial charge in [0.25, 0.3) is 5.91 Å². The van der Waals surface area contributed by atoms with Crippen LogP contribution in [0.15, 0.2) is 46.1 Å². The highest BCUT2D eigenvalue weighted by Crippen LogP contribution is 2.32. The van der Waals surface area contributed by atoms with Crippen molar-refractivity contribution in [3.63, 3.8) is 0 Å². The summed E-state index contributed by atoms with van der Waals surface area (Å²) in [4.78, 5) is 27.0. The van der Waals surface area contributed by atoms with Crippen molar-refractivity contribution >= 4 is 35.0 Å². The van der Waals surface area contributed by atoms with Crippen molar-refractivity contribution in [3.8, 4) is 0 Å². The smallest absolute Gasteiger partial charge is 0.337 e. The van der Waals surface area contributed by atoms with Gasteiger partial charge >= 0.3 is 5.97 Å². The summed E-state index contributed by atoms with van der Waals surface area (Å²) in [6.45, 7) is 8.49. The van der Waals surface area contributed by atoms with Crippen LogP contribution in [0, 0.1) is 12.8 Å². The highest BCUT2D eigenvalue weighted by Gasteiger charge is 2.34. The van der Waals surface area contributed by atoms with Gasteiger partial charge in [0.05, 0.1) is 24.3 Å². The zero-order valence-electron chi connectivity index (χ0n) is 18.2. The molecule has 9 heteroatoms. The average molecular weight is 443 g/mol. The van der Waals surface area contributed by atoms with Crippen molar-refractivity contribution in [1.29, 1.82) is 0 Å². The number of nitrogens with zero attached hydrogens (tertiary/aromatic N) is 2. The topological polar surface area (TPSA) is 96.7 Å². The predicted octanol–water partition coefficient (Wildman–Crippen LogP) is 3.57. The Kier molecular flexibility index (Phi) is 6.74. The zero-order chi connectivity index (χ0) is 22.7. The molecule has 2 N–H and O–H groups in total. The van der Waals surface area contributed by atoms with Gasteiger partial charge in [0, 0.05) is 18.3 Å². The first kappa shape index (κ1) is 22.5. The number of carbonyl (C=O) groups excluding carboxylic acids is 2. The minimum absolute atomic E-state index is 0.309. The normalized spacial score (nSPS) is 16.4. The van der Waals surface area contributed by atoms with Crippen LogP contribution in [0.2, 0.25) is 0 Å². The SMILES string of the molecule is COC(=O)c1ccc(C2NC(=S)N(CC(C)C)C(C)=C2C(=O)Nc2cc(C)on2)cc1. The van der Waals surface area contributed by atoms with E-state index < -0.39 is 12.0 Å². The number of benzene rings is 1. The Balaban J connectivity index is 2.01. The largest absolute Gasteiger partial charge is 0.465 e. The number of allylic oxidation sites excluding steroid dienone is 1. The molecule has 1 aromatic heterocycles. The van der Waals surface area contributed by atoms with Crippen LogP contribution in [-0.2, 0) is 9.53 Å². The number of thiocarbonyl (C=S) groups is 1. The quantitative estimate of drug-likeness (QED) is 0.518. The summed E-state index contributed by atoms with van der Waals surface area (Å²) >= 11 is 5.61. The second-order valence-electron chi connectivity index (χ2n) is 7.78. The second-order valence-corrected chi connectivity index (χ2v) is 8.16. The van der Waals surface area contributed by atoms with Crippen molar-refractivity contribution in [2.75, 3.05) is 19.0 Å². The monoisotopic (exact) mass is 442 g/mol. The van der Waals surface area contributed by atoms with Crippen LogP contribution in [0.4, 0.5) is 5.82 Å². The first-order valence-electron chi connectivity index (χ1n) is 9.93. The van der Waals surface area contributed by atoms with Crippen LogP contribution in [0.25, 0.3) is 0 Å². The summed E-state index contributed by atoms with van der Waals surface area (Å²) in [6, 6.07) is 8.06. The number of amides is 1. The molecule has 164 valence electrons. The van der Waals surface area contributed by atoms with Crippen molar-refractivity contribution in [1.82, 2.24) is 15.4 Å². The van der Waals surface area contributed by atoms with Gasteiger partial charge < -0.3 is 24.8 Å². The zero-order valence-corrected chi connectivity index (χ0v) is 19.0. The Morgan fingerprint density at radius 3 is 2.52 bits per heavy atom. The van der Waals surface area contributed by atoms with Crippen molar-refractivity contribution in [2.24, 2.45) is 5.92 Å². The Bertz CT molecular complexity index is 1030. The molecule has 1 amide bonds. The van der Waals surface area contributed by atoms with E-state index in [-0.39, 0.29) is 5.91 Å². The van der Waals surface area contributed by atoms with Crippen molar-refractivity contribution in [2.45, 2.75) is 33.7 Å². The number of esters is 1. The summed E-state index contributed by atoms with van der Waals surface area (Å²) in [7, 11) is 1.33. The van der Waals surface area contributed by atoms with Crippen molar-refractivity contribution in [3.05, 3.63) is 58.5 Å². The molecule has 1 aromatic carbocycles. The first-order chi connectivity index (χ1) is 14.7. The molecule has 0 saturated carbocycles.